The number of carbonyl (C=O) groups is 2. The molecule has 0 saturated carbocycles. The molecule has 2 aromatic rings. The summed E-state index contributed by atoms with van der Waals surface area (Å²) in [7, 11) is 1.64. The van der Waals surface area contributed by atoms with E-state index in [0.717, 1.165) is 0 Å². The first-order valence-electron chi connectivity index (χ1n) is 7.16. The molecule has 0 saturated heterocycles. The van der Waals surface area contributed by atoms with Gasteiger partial charge in [0.25, 0.3) is 5.91 Å². The highest BCUT2D eigenvalue weighted by molar-refractivity contribution is 6.09. The van der Waals surface area contributed by atoms with Crippen molar-refractivity contribution in [3.8, 4) is 0 Å². The Morgan fingerprint density at radius 3 is 2.57 bits per heavy atom. The van der Waals surface area contributed by atoms with Gasteiger partial charge < -0.3 is 10.2 Å². The molecule has 0 spiro atoms. The van der Waals surface area contributed by atoms with Gasteiger partial charge in [-0.1, -0.05) is 0 Å². The lowest BCUT2D eigenvalue weighted by Crippen LogP contribution is -2.33. The summed E-state index contributed by atoms with van der Waals surface area (Å²) in [5, 5.41) is 2.54. The third-order valence-corrected chi connectivity index (χ3v) is 4.15. The quantitative estimate of drug-likeness (QED) is 0.927. The smallest absolute Gasteiger partial charge is 0.255 e. The summed E-state index contributed by atoms with van der Waals surface area (Å²) in [5.41, 5.74) is 0.863. The van der Waals surface area contributed by atoms with Gasteiger partial charge in [0.15, 0.2) is 0 Å². The Morgan fingerprint density at radius 1 is 1.26 bits per heavy atom. The highest BCUT2D eigenvalue weighted by Crippen LogP contribution is 2.42. The molecule has 0 radical (unpaired) electrons. The lowest BCUT2D eigenvalue weighted by molar-refractivity contribution is -0.121. The van der Waals surface area contributed by atoms with Crippen LogP contribution in [0.2, 0.25) is 0 Å². The van der Waals surface area contributed by atoms with Crippen LogP contribution in [0.1, 0.15) is 29.8 Å². The number of halogens is 1. The summed E-state index contributed by atoms with van der Waals surface area (Å²) < 4.78 is 14.4. The molecule has 0 atom stereocenters. The van der Waals surface area contributed by atoms with Crippen molar-refractivity contribution in [3.05, 3.63) is 53.6 Å². The third-order valence-electron chi connectivity index (χ3n) is 4.15. The van der Waals surface area contributed by atoms with E-state index < -0.39 is 17.1 Å². The average Bonchev–Trinajstić information content (AvgIpc) is 2.70. The van der Waals surface area contributed by atoms with Gasteiger partial charge in [0.1, 0.15) is 5.82 Å². The number of likely N-dealkylation sites (N-methyl/N-ethyl adjacent to an activating group) is 1. The van der Waals surface area contributed by atoms with Gasteiger partial charge in [-0.25, -0.2) is 4.39 Å². The SMILES string of the molecule is CN1C(=O)C(C)(C)c2cc(F)c(NC(=O)c3ccncc3)cc21. The van der Waals surface area contributed by atoms with Crippen molar-refractivity contribution in [1.82, 2.24) is 4.98 Å². The molecule has 0 fully saturated rings. The van der Waals surface area contributed by atoms with E-state index >= 15 is 0 Å². The summed E-state index contributed by atoms with van der Waals surface area (Å²) in [6.45, 7) is 3.51. The molecule has 3 rings (SSSR count). The zero-order chi connectivity index (χ0) is 16.8. The number of carbonyl (C=O) groups excluding carboxylic acids is 2. The van der Waals surface area contributed by atoms with Crippen LogP contribution in [-0.2, 0) is 10.2 Å². The zero-order valence-corrected chi connectivity index (χ0v) is 13.1. The molecule has 6 heteroatoms. The summed E-state index contributed by atoms with van der Waals surface area (Å²) in [4.78, 5) is 29.7. The van der Waals surface area contributed by atoms with Gasteiger partial charge in [-0.15, -0.1) is 0 Å². The predicted octanol–water partition coefficient (Wildman–Crippen LogP) is 2.73. The molecule has 1 aliphatic rings. The van der Waals surface area contributed by atoms with Crippen molar-refractivity contribution < 1.29 is 14.0 Å². The van der Waals surface area contributed by atoms with E-state index in [1.165, 1.54) is 29.4 Å². The molecule has 0 bridgehead atoms. The maximum absolute atomic E-state index is 14.4. The van der Waals surface area contributed by atoms with E-state index in [-0.39, 0.29) is 11.6 Å². The lowest BCUT2D eigenvalue weighted by Gasteiger charge is -2.16. The fourth-order valence-electron chi connectivity index (χ4n) is 2.78. The van der Waals surface area contributed by atoms with Crippen molar-refractivity contribution in [2.45, 2.75) is 19.3 Å². The second-order valence-electron chi connectivity index (χ2n) is 6.03. The van der Waals surface area contributed by atoms with Gasteiger partial charge in [-0.2, -0.15) is 0 Å². The Balaban J connectivity index is 1.98. The number of benzene rings is 1. The van der Waals surface area contributed by atoms with Crippen molar-refractivity contribution in [1.29, 1.82) is 0 Å². The number of rotatable bonds is 2. The number of aromatic nitrogens is 1. The molecular weight excluding hydrogens is 297 g/mol. The van der Waals surface area contributed by atoms with Crippen molar-refractivity contribution in [3.63, 3.8) is 0 Å². The van der Waals surface area contributed by atoms with E-state index in [1.54, 1.807) is 33.0 Å². The van der Waals surface area contributed by atoms with Gasteiger partial charge >= 0.3 is 0 Å². The molecule has 23 heavy (non-hydrogen) atoms. The standard InChI is InChI=1S/C17H16FN3O2/c1-17(2)11-8-12(18)13(9-14(11)21(3)16(17)23)20-15(22)10-4-6-19-7-5-10/h4-9H,1-3H3,(H,20,22). The minimum absolute atomic E-state index is 0.0444. The first kappa shape index (κ1) is 15.1. The molecule has 1 N–H and O–H groups in total. The number of hydrogen-bond donors (Lipinski definition) is 1. The number of hydrogen-bond acceptors (Lipinski definition) is 3. The van der Waals surface area contributed by atoms with E-state index in [0.29, 0.717) is 16.8 Å². The highest BCUT2D eigenvalue weighted by atomic mass is 19.1. The largest absolute Gasteiger partial charge is 0.319 e. The predicted molar refractivity (Wildman–Crippen MR) is 85.0 cm³/mol. The normalized spacial score (nSPS) is 15.5. The van der Waals surface area contributed by atoms with Gasteiger partial charge in [-0.3, -0.25) is 14.6 Å². The third kappa shape index (κ3) is 2.36. The minimum Gasteiger partial charge on any atom is -0.319 e. The topological polar surface area (TPSA) is 62.3 Å². The second kappa shape index (κ2) is 5.15. The summed E-state index contributed by atoms with van der Waals surface area (Å²) in [6.07, 6.45) is 2.98. The van der Waals surface area contributed by atoms with Gasteiger partial charge in [0, 0.05) is 30.7 Å². The summed E-state index contributed by atoms with van der Waals surface area (Å²) in [5.74, 6) is -1.11. The molecule has 1 aromatic heterocycles. The molecule has 5 nitrogen and oxygen atoms in total. The van der Waals surface area contributed by atoms with Crippen LogP contribution in [0.4, 0.5) is 15.8 Å². The number of nitrogens with one attached hydrogen (secondary N) is 1. The lowest BCUT2D eigenvalue weighted by atomic mass is 9.86. The maximum atomic E-state index is 14.4. The molecule has 2 amide bonds. The number of pyridine rings is 1. The van der Waals surface area contributed by atoms with Crippen LogP contribution < -0.4 is 10.2 Å². The number of amides is 2. The van der Waals surface area contributed by atoms with Gasteiger partial charge in [-0.05, 0) is 43.7 Å². The van der Waals surface area contributed by atoms with Crippen LogP contribution in [0.5, 0.6) is 0 Å². The zero-order valence-electron chi connectivity index (χ0n) is 13.1. The van der Waals surface area contributed by atoms with E-state index in [9.17, 15) is 14.0 Å². The molecular formula is C17H16FN3O2. The Labute approximate surface area is 133 Å². The minimum atomic E-state index is -0.779. The van der Waals surface area contributed by atoms with Crippen molar-refractivity contribution >= 4 is 23.2 Å². The van der Waals surface area contributed by atoms with Crippen LogP contribution in [0.15, 0.2) is 36.7 Å². The number of fused-ring (bicyclic) bond motifs is 1. The molecule has 0 aliphatic carbocycles. The van der Waals surface area contributed by atoms with Crippen LogP contribution >= 0.6 is 0 Å². The van der Waals surface area contributed by atoms with E-state index in [4.69, 9.17) is 0 Å². The first-order chi connectivity index (χ1) is 10.8. The monoisotopic (exact) mass is 313 g/mol. The molecule has 1 aromatic carbocycles. The number of anilines is 2. The van der Waals surface area contributed by atoms with Crippen LogP contribution in [0, 0.1) is 5.82 Å². The molecule has 118 valence electrons. The first-order valence-corrected chi connectivity index (χ1v) is 7.16. The van der Waals surface area contributed by atoms with Crippen molar-refractivity contribution in [2.75, 3.05) is 17.3 Å². The van der Waals surface area contributed by atoms with Crippen LogP contribution in [-0.4, -0.2) is 23.8 Å². The van der Waals surface area contributed by atoms with Crippen LogP contribution in [0.3, 0.4) is 0 Å². The molecule has 1 aliphatic heterocycles. The van der Waals surface area contributed by atoms with Crippen molar-refractivity contribution in [2.24, 2.45) is 0 Å². The number of nitrogens with zero attached hydrogens (tertiary/aromatic N) is 2. The Morgan fingerprint density at radius 2 is 1.91 bits per heavy atom. The van der Waals surface area contributed by atoms with Gasteiger partial charge in [0.05, 0.1) is 11.1 Å². The van der Waals surface area contributed by atoms with Gasteiger partial charge in [0.2, 0.25) is 5.91 Å². The average molecular weight is 313 g/mol. The van der Waals surface area contributed by atoms with E-state index in [2.05, 4.69) is 10.3 Å². The van der Waals surface area contributed by atoms with E-state index in [1.807, 2.05) is 0 Å². The fourth-order valence-corrected chi connectivity index (χ4v) is 2.78. The molecule has 2 heterocycles. The Kier molecular flexibility index (Phi) is 3.39. The Bertz CT molecular complexity index is 803. The second-order valence-corrected chi connectivity index (χ2v) is 6.03. The summed E-state index contributed by atoms with van der Waals surface area (Å²) in [6, 6.07) is 5.90. The van der Waals surface area contributed by atoms with Crippen LogP contribution in [0.25, 0.3) is 0 Å². The maximum Gasteiger partial charge on any atom is 0.255 e. The summed E-state index contributed by atoms with van der Waals surface area (Å²) >= 11 is 0. The Hall–Kier alpha value is -2.76. The highest BCUT2D eigenvalue weighted by Gasteiger charge is 2.42. The molecule has 0 unspecified atom stereocenters. The fraction of sp³-hybridized carbons (Fsp3) is 0.235.